The largest absolute Gasteiger partial charge is 0.445 e. The molecule has 22 heteroatoms. The second-order valence-corrected chi connectivity index (χ2v) is 23.6. The second kappa shape index (κ2) is 33.4. The lowest BCUT2D eigenvalue weighted by Crippen LogP contribution is -2.60. The van der Waals surface area contributed by atoms with Gasteiger partial charge in [0.2, 0.25) is 35.4 Å². The lowest BCUT2D eigenvalue weighted by Gasteiger charge is -2.41. The van der Waals surface area contributed by atoms with Crippen molar-refractivity contribution < 1.29 is 52.6 Å². The van der Waals surface area contributed by atoms with Crippen molar-refractivity contribution in [2.75, 3.05) is 46.7 Å². The second-order valence-electron chi connectivity index (χ2n) is 23.6. The number of nitrogens with zero attached hydrogens (tertiary/aromatic N) is 3. The zero-order valence-corrected chi connectivity index (χ0v) is 52.4. The van der Waals surface area contributed by atoms with Crippen LogP contribution in [0.2, 0.25) is 0 Å². The Hall–Kier alpha value is -7.56. The van der Waals surface area contributed by atoms with Gasteiger partial charge in [-0.15, -0.1) is 0 Å². The van der Waals surface area contributed by atoms with Crippen LogP contribution in [0.3, 0.4) is 0 Å². The number of anilines is 1. The number of rotatable bonds is 32. The fourth-order valence-electron chi connectivity index (χ4n) is 11.6. The third kappa shape index (κ3) is 19.2. The summed E-state index contributed by atoms with van der Waals surface area (Å²) >= 11 is 0. The van der Waals surface area contributed by atoms with Crippen LogP contribution < -0.4 is 38.1 Å². The van der Waals surface area contributed by atoms with Gasteiger partial charge in [-0.05, 0) is 98.1 Å². The Balaban J connectivity index is 1.18. The van der Waals surface area contributed by atoms with Gasteiger partial charge in [0.05, 0.1) is 42.7 Å². The molecule has 2 heterocycles. The highest BCUT2D eigenvalue weighted by Crippen LogP contribution is 2.30. The molecule has 1 aromatic heterocycles. The molecule has 1 saturated heterocycles. The number of benzene rings is 3. The van der Waals surface area contributed by atoms with Crippen LogP contribution in [-0.4, -0.2) is 163 Å². The molecule has 86 heavy (non-hydrogen) atoms. The van der Waals surface area contributed by atoms with E-state index in [1.807, 2.05) is 96.1 Å². The summed E-state index contributed by atoms with van der Waals surface area (Å²) in [6.45, 7) is 15.5. The summed E-state index contributed by atoms with van der Waals surface area (Å²) in [6.07, 6.45) is 3.09. The van der Waals surface area contributed by atoms with Crippen LogP contribution in [0, 0.1) is 23.7 Å². The van der Waals surface area contributed by atoms with Crippen molar-refractivity contribution in [3.63, 3.8) is 0 Å². The molecular weight excluding hydrogens is 1100 g/mol. The van der Waals surface area contributed by atoms with Gasteiger partial charge in [-0.2, -0.15) is 0 Å². The first-order chi connectivity index (χ1) is 40.9. The maximum absolute atomic E-state index is 14.8. The number of para-hydroxylation sites is 1. The van der Waals surface area contributed by atoms with Gasteiger partial charge in [0.25, 0.3) is 0 Å². The lowest BCUT2D eigenvalue weighted by molar-refractivity contribution is -0.148. The number of likely N-dealkylation sites (N-methyl/N-ethyl adjacent to an activating group) is 2. The van der Waals surface area contributed by atoms with Gasteiger partial charge >= 0.3 is 12.1 Å². The molecule has 0 radical (unpaired) electrons. The minimum absolute atomic E-state index is 0.0433. The number of carbonyl (C=O) groups is 8. The Morgan fingerprint density at radius 1 is 0.756 bits per heavy atom. The zero-order valence-electron chi connectivity index (χ0n) is 52.4. The van der Waals surface area contributed by atoms with Crippen molar-refractivity contribution in [2.24, 2.45) is 35.1 Å². The Morgan fingerprint density at radius 3 is 2.06 bits per heavy atom. The number of fused-ring (bicyclic) bond motifs is 1. The number of primary amides is 1. The van der Waals surface area contributed by atoms with Crippen LogP contribution in [0.4, 0.5) is 15.3 Å². The summed E-state index contributed by atoms with van der Waals surface area (Å²) in [7, 11) is 6.22. The molecule has 0 saturated carbocycles. The van der Waals surface area contributed by atoms with E-state index in [0.29, 0.717) is 43.5 Å². The zero-order chi connectivity index (χ0) is 63.4. The first-order valence-corrected chi connectivity index (χ1v) is 30.1. The molecule has 3 aromatic carbocycles. The van der Waals surface area contributed by atoms with E-state index in [9.17, 15) is 38.4 Å². The molecule has 0 bridgehead atoms. The molecule has 4 aromatic rings. The minimum Gasteiger partial charge on any atom is -0.445 e. The Kier molecular flexibility index (Phi) is 26.9. The summed E-state index contributed by atoms with van der Waals surface area (Å²) in [4.78, 5) is 117. The third-order valence-electron chi connectivity index (χ3n) is 16.5. The molecule has 472 valence electrons. The first kappa shape index (κ1) is 69.2. The molecule has 5 rings (SSSR count). The van der Waals surface area contributed by atoms with Crippen LogP contribution in [0.25, 0.3) is 10.9 Å². The average Bonchev–Trinajstić information content (AvgIpc) is 2.77. The number of H-pyrrole nitrogens is 1. The average molecular weight is 1190 g/mol. The van der Waals surface area contributed by atoms with Gasteiger partial charge in [-0.25, -0.2) is 9.59 Å². The summed E-state index contributed by atoms with van der Waals surface area (Å²) in [6, 6.07) is 18.3. The molecule has 0 unspecified atom stereocenters. The number of aromatic nitrogens is 1. The summed E-state index contributed by atoms with van der Waals surface area (Å²) in [5.41, 5.74) is 15.4. The number of nitrogens with two attached hydrogens (primary N) is 2. The highest BCUT2D eigenvalue weighted by molar-refractivity contribution is 5.98. The smallest absolute Gasteiger partial charge is 0.410 e. The van der Waals surface area contributed by atoms with Gasteiger partial charge in [0, 0.05) is 70.2 Å². The van der Waals surface area contributed by atoms with Crippen molar-refractivity contribution in [3.05, 3.63) is 102 Å². The number of methoxy groups -OCH3 is 2. The van der Waals surface area contributed by atoms with E-state index in [0.717, 1.165) is 28.5 Å². The van der Waals surface area contributed by atoms with Crippen molar-refractivity contribution in [1.82, 2.24) is 41.0 Å². The molecule has 11 atom stereocenters. The maximum atomic E-state index is 14.8. The highest BCUT2D eigenvalue weighted by Gasteiger charge is 2.44. The topological polar surface area (TPSA) is 302 Å². The van der Waals surface area contributed by atoms with E-state index in [1.54, 1.807) is 68.3 Å². The molecule has 22 nitrogen and oxygen atoms in total. The maximum Gasteiger partial charge on any atom is 0.410 e. The number of amides is 9. The number of hydrogen-bond donors (Lipinski definition) is 8. The molecule has 0 spiro atoms. The SMILES string of the molecule is CC[C@H](C)[C@@H]([C@@H](CC(=O)N1CCC[C@H]1[C@H](OC)[C@@H](C)C(=O)N[C@H](C)Cc1ccccc1)OC)N(C)C(=O)[C@@H](NC(=O)[C@H](C(C)C)N(C)C(=O)OCc1ccc(NC(=O)[C@H](CCCNC(N)=O)NC(=O)[C@H](N)Cc2c[nH]c3ccccc23)cc1)C(C)C. The van der Waals surface area contributed by atoms with E-state index >= 15 is 0 Å². The number of hydrogen-bond acceptors (Lipinski definition) is 12. The molecule has 10 N–H and O–H groups in total. The number of aromatic amines is 1. The Bertz CT molecular complexity index is 2870. The van der Waals surface area contributed by atoms with E-state index < -0.39 is 84.1 Å². The van der Waals surface area contributed by atoms with Crippen molar-refractivity contribution in [2.45, 2.75) is 168 Å². The Morgan fingerprint density at radius 2 is 1.43 bits per heavy atom. The van der Waals surface area contributed by atoms with Crippen molar-refractivity contribution in [3.8, 4) is 0 Å². The predicted molar refractivity (Wildman–Crippen MR) is 331 cm³/mol. The van der Waals surface area contributed by atoms with Crippen molar-refractivity contribution >= 4 is 64.2 Å². The first-order valence-electron chi connectivity index (χ1n) is 30.1. The molecular formula is C64H95N11O11. The summed E-state index contributed by atoms with van der Waals surface area (Å²) in [5, 5.41) is 15.1. The molecule has 1 fully saturated rings. The van der Waals surface area contributed by atoms with Crippen LogP contribution in [0.5, 0.6) is 0 Å². The van der Waals surface area contributed by atoms with E-state index in [4.69, 9.17) is 25.7 Å². The van der Waals surface area contributed by atoms with Crippen molar-refractivity contribution in [1.29, 1.82) is 0 Å². The fourth-order valence-corrected chi connectivity index (χ4v) is 11.6. The monoisotopic (exact) mass is 1190 g/mol. The number of nitrogens with one attached hydrogen (secondary N) is 6. The van der Waals surface area contributed by atoms with Crippen LogP contribution in [0.15, 0.2) is 85.1 Å². The third-order valence-corrected chi connectivity index (χ3v) is 16.5. The van der Waals surface area contributed by atoms with Crippen LogP contribution in [0.1, 0.15) is 111 Å². The van der Waals surface area contributed by atoms with E-state index in [2.05, 4.69) is 31.6 Å². The van der Waals surface area contributed by atoms with Gasteiger partial charge in [-0.1, -0.05) is 116 Å². The highest BCUT2D eigenvalue weighted by atomic mass is 16.6. The number of carbonyl (C=O) groups excluding carboxylic acids is 8. The van der Waals surface area contributed by atoms with Gasteiger partial charge in [-0.3, -0.25) is 33.7 Å². The number of likely N-dealkylation sites (tertiary alicyclic amines) is 1. The van der Waals surface area contributed by atoms with Gasteiger partial charge < -0.3 is 67.0 Å². The molecule has 1 aliphatic rings. The predicted octanol–water partition coefficient (Wildman–Crippen LogP) is 6.01. The quantitative estimate of drug-likeness (QED) is 0.0261. The van der Waals surface area contributed by atoms with E-state index in [-0.39, 0.29) is 74.1 Å². The number of ether oxygens (including phenoxy) is 3. The fraction of sp³-hybridized carbons (Fsp3) is 0.562. The molecule has 1 aliphatic heterocycles. The summed E-state index contributed by atoms with van der Waals surface area (Å²) in [5.74, 6) is -3.83. The summed E-state index contributed by atoms with van der Waals surface area (Å²) < 4.78 is 17.8. The van der Waals surface area contributed by atoms with E-state index in [1.165, 1.54) is 19.1 Å². The standard InChI is InChI=1S/C64H95N11O11/c1-13-40(6)56(52(84-11)35-53(76)75-32-20-26-51(75)57(85-12)42(8)58(77)69-41(7)33-43-21-15-14-16-22-43)73(9)62(81)54(38(2)3)72-61(80)55(39(4)5)74(10)64(83)86-37-44-27-29-46(30-28-44)70-60(79)50(25-19-31-67-63(66)82)71-59(78)48(65)34-45-36-68-49-24-18-17-23-47(45)49/h14-18,21-24,27-30,36,38-42,48,50-52,54-57,68H,13,19-20,25-26,31-35,37,65H2,1-12H3,(H,69,77)(H,70,79)(H,71,78)(H,72,80)(H3,66,67,82)/t40-,41+,42+,48+,50-,51-,52+,54-,55-,56-,57+/m0/s1. The number of urea groups is 1. The van der Waals surface area contributed by atoms with Crippen LogP contribution >= 0.6 is 0 Å². The molecule has 9 amide bonds. The normalized spacial score (nSPS) is 16.8. The molecule has 0 aliphatic carbocycles. The van der Waals surface area contributed by atoms with Crippen LogP contribution in [-0.2, 0) is 62.4 Å². The van der Waals surface area contributed by atoms with Gasteiger partial charge in [0.15, 0.2) is 0 Å². The minimum atomic E-state index is -1.05. The lowest BCUT2D eigenvalue weighted by atomic mass is 9.89. The van der Waals surface area contributed by atoms with Gasteiger partial charge in [0.1, 0.15) is 24.7 Å². The Labute approximate surface area is 507 Å².